The molecule has 1 aromatic heterocycles. The molecule has 2 saturated heterocycles. The fraction of sp³-hybridized carbons (Fsp3) is 0.714. The molecule has 3 rings (SSSR count). The molecule has 0 unspecified atom stereocenters. The van der Waals surface area contributed by atoms with Gasteiger partial charge in [-0.1, -0.05) is 0 Å². The lowest BCUT2D eigenvalue weighted by Gasteiger charge is -2.27. The molecular formula is C14H21N3O3. The van der Waals surface area contributed by atoms with Gasteiger partial charge in [-0.15, -0.1) is 0 Å². The van der Waals surface area contributed by atoms with Gasteiger partial charge in [0.2, 0.25) is 0 Å². The highest BCUT2D eigenvalue weighted by Crippen LogP contribution is 2.37. The van der Waals surface area contributed by atoms with E-state index in [0.717, 1.165) is 25.1 Å². The third kappa shape index (κ3) is 2.03. The van der Waals surface area contributed by atoms with Gasteiger partial charge in [-0.3, -0.25) is 9.48 Å². The Bertz CT molecular complexity index is 520. The minimum absolute atomic E-state index is 0.0185. The van der Waals surface area contributed by atoms with E-state index in [1.807, 2.05) is 18.9 Å². The molecule has 3 heterocycles. The molecule has 6 nitrogen and oxygen atoms in total. The second-order valence-corrected chi connectivity index (χ2v) is 5.73. The first-order valence-corrected chi connectivity index (χ1v) is 7.02. The van der Waals surface area contributed by atoms with Crippen LogP contribution in [0.15, 0.2) is 6.20 Å². The summed E-state index contributed by atoms with van der Waals surface area (Å²) in [6, 6.07) is 0. The monoisotopic (exact) mass is 279 g/mol. The molecule has 1 amide bonds. The Labute approximate surface area is 118 Å². The van der Waals surface area contributed by atoms with E-state index in [2.05, 4.69) is 5.10 Å². The Morgan fingerprint density at radius 2 is 2.40 bits per heavy atom. The SMILES string of the molecule is CO[C@H]1CN(C(=O)c2cn(C)nc2C)C[C@@]12CCCO2. The van der Waals surface area contributed by atoms with Crippen LogP contribution >= 0.6 is 0 Å². The van der Waals surface area contributed by atoms with Gasteiger partial charge < -0.3 is 14.4 Å². The van der Waals surface area contributed by atoms with E-state index in [1.165, 1.54) is 0 Å². The largest absolute Gasteiger partial charge is 0.377 e. The first-order chi connectivity index (χ1) is 9.55. The topological polar surface area (TPSA) is 56.6 Å². The van der Waals surface area contributed by atoms with Gasteiger partial charge in [-0.25, -0.2) is 0 Å². The Morgan fingerprint density at radius 1 is 1.60 bits per heavy atom. The van der Waals surface area contributed by atoms with E-state index < -0.39 is 0 Å². The molecule has 1 aromatic rings. The lowest BCUT2D eigenvalue weighted by atomic mass is 9.96. The molecule has 2 fully saturated rings. The summed E-state index contributed by atoms with van der Waals surface area (Å²) in [5.74, 6) is 0.0185. The average Bonchev–Trinajstić information content (AvgIpc) is 3.10. The van der Waals surface area contributed by atoms with E-state index in [1.54, 1.807) is 18.0 Å². The molecule has 0 aromatic carbocycles. The number of nitrogens with zero attached hydrogens (tertiary/aromatic N) is 3. The number of carbonyl (C=O) groups is 1. The van der Waals surface area contributed by atoms with E-state index in [0.29, 0.717) is 18.7 Å². The molecule has 0 N–H and O–H groups in total. The molecule has 2 aliphatic heterocycles. The molecule has 6 heteroatoms. The van der Waals surface area contributed by atoms with Crippen molar-refractivity contribution in [1.29, 1.82) is 0 Å². The van der Waals surface area contributed by atoms with Gasteiger partial charge in [0.05, 0.1) is 24.3 Å². The van der Waals surface area contributed by atoms with Crippen molar-refractivity contribution in [2.24, 2.45) is 7.05 Å². The second-order valence-electron chi connectivity index (χ2n) is 5.73. The summed E-state index contributed by atoms with van der Waals surface area (Å²) in [5.41, 5.74) is 1.12. The highest BCUT2D eigenvalue weighted by atomic mass is 16.6. The van der Waals surface area contributed by atoms with Crippen LogP contribution in [0.2, 0.25) is 0 Å². The van der Waals surface area contributed by atoms with Crippen molar-refractivity contribution in [3.05, 3.63) is 17.5 Å². The van der Waals surface area contributed by atoms with Gasteiger partial charge in [-0.05, 0) is 19.8 Å². The van der Waals surface area contributed by atoms with Crippen LogP contribution < -0.4 is 0 Å². The van der Waals surface area contributed by atoms with Crippen molar-refractivity contribution in [2.75, 3.05) is 26.8 Å². The number of rotatable bonds is 2. The van der Waals surface area contributed by atoms with Crippen molar-refractivity contribution in [3.8, 4) is 0 Å². The number of hydrogen-bond acceptors (Lipinski definition) is 4. The van der Waals surface area contributed by atoms with Crippen LogP contribution in [0, 0.1) is 6.92 Å². The van der Waals surface area contributed by atoms with Gasteiger partial charge >= 0.3 is 0 Å². The summed E-state index contributed by atoms with van der Waals surface area (Å²) < 4.78 is 13.2. The van der Waals surface area contributed by atoms with Gasteiger partial charge in [0, 0.05) is 27.0 Å². The zero-order valence-corrected chi connectivity index (χ0v) is 12.3. The fourth-order valence-corrected chi connectivity index (χ4v) is 3.38. The highest BCUT2D eigenvalue weighted by molar-refractivity contribution is 5.95. The summed E-state index contributed by atoms with van der Waals surface area (Å²) in [6.07, 6.45) is 3.74. The molecule has 0 radical (unpaired) electrons. The number of amides is 1. The maximum Gasteiger partial charge on any atom is 0.257 e. The van der Waals surface area contributed by atoms with Crippen molar-refractivity contribution < 1.29 is 14.3 Å². The second kappa shape index (κ2) is 4.86. The zero-order chi connectivity index (χ0) is 14.3. The smallest absolute Gasteiger partial charge is 0.257 e. The summed E-state index contributed by atoms with van der Waals surface area (Å²) >= 11 is 0. The summed E-state index contributed by atoms with van der Waals surface area (Å²) in [7, 11) is 3.52. The molecule has 2 aliphatic rings. The first kappa shape index (κ1) is 13.6. The van der Waals surface area contributed by atoms with Gasteiger partial charge in [0.15, 0.2) is 0 Å². The Hall–Kier alpha value is -1.40. The fourth-order valence-electron chi connectivity index (χ4n) is 3.38. The standard InChI is InChI=1S/C14H21N3O3/c1-10-11(7-16(2)15-10)13(18)17-8-12(19-3)14(9-17)5-4-6-20-14/h7,12H,4-6,8-9H2,1-3H3/t12-,14-/m0/s1. The predicted octanol–water partition coefficient (Wildman–Crippen LogP) is 0.749. The molecule has 0 bridgehead atoms. The quantitative estimate of drug-likeness (QED) is 0.801. The summed E-state index contributed by atoms with van der Waals surface area (Å²) in [5, 5.41) is 4.24. The lowest BCUT2D eigenvalue weighted by Crippen LogP contribution is -2.42. The van der Waals surface area contributed by atoms with Gasteiger partial charge in [-0.2, -0.15) is 5.10 Å². The van der Waals surface area contributed by atoms with E-state index >= 15 is 0 Å². The lowest BCUT2D eigenvalue weighted by molar-refractivity contribution is -0.0754. The highest BCUT2D eigenvalue weighted by Gasteiger charge is 2.51. The van der Waals surface area contributed by atoms with Crippen molar-refractivity contribution in [3.63, 3.8) is 0 Å². The normalized spacial score (nSPS) is 29.6. The van der Waals surface area contributed by atoms with Crippen LogP contribution in [0.1, 0.15) is 28.9 Å². The maximum atomic E-state index is 12.6. The number of carbonyl (C=O) groups excluding carboxylic acids is 1. The molecule has 1 spiro atoms. The Balaban J connectivity index is 1.82. The predicted molar refractivity (Wildman–Crippen MR) is 72.6 cm³/mol. The van der Waals surface area contributed by atoms with Gasteiger partial charge in [0.25, 0.3) is 5.91 Å². The van der Waals surface area contributed by atoms with Crippen LogP contribution in [-0.4, -0.2) is 59.1 Å². The third-order valence-electron chi connectivity index (χ3n) is 4.38. The van der Waals surface area contributed by atoms with Gasteiger partial charge in [0.1, 0.15) is 11.7 Å². The van der Waals surface area contributed by atoms with Crippen LogP contribution in [0.5, 0.6) is 0 Å². The van der Waals surface area contributed by atoms with Crippen LogP contribution in [-0.2, 0) is 16.5 Å². The number of hydrogen-bond donors (Lipinski definition) is 0. The average molecular weight is 279 g/mol. The Morgan fingerprint density at radius 3 is 2.95 bits per heavy atom. The number of ether oxygens (including phenoxy) is 2. The zero-order valence-electron chi connectivity index (χ0n) is 12.3. The van der Waals surface area contributed by atoms with E-state index in [9.17, 15) is 4.79 Å². The molecule has 0 saturated carbocycles. The van der Waals surface area contributed by atoms with E-state index in [4.69, 9.17) is 9.47 Å². The van der Waals surface area contributed by atoms with Crippen LogP contribution in [0.25, 0.3) is 0 Å². The Kier molecular flexibility index (Phi) is 3.30. The number of aromatic nitrogens is 2. The molecule has 110 valence electrons. The first-order valence-electron chi connectivity index (χ1n) is 7.02. The minimum Gasteiger partial charge on any atom is -0.377 e. The number of likely N-dealkylation sites (tertiary alicyclic amines) is 1. The van der Waals surface area contributed by atoms with E-state index in [-0.39, 0.29) is 17.6 Å². The van der Waals surface area contributed by atoms with Crippen molar-refractivity contribution >= 4 is 5.91 Å². The van der Waals surface area contributed by atoms with Crippen LogP contribution in [0.3, 0.4) is 0 Å². The van der Waals surface area contributed by atoms with Crippen LogP contribution in [0.4, 0.5) is 0 Å². The molecular weight excluding hydrogens is 258 g/mol. The van der Waals surface area contributed by atoms with Crippen molar-refractivity contribution in [1.82, 2.24) is 14.7 Å². The molecule has 0 aliphatic carbocycles. The molecule has 20 heavy (non-hydrogen) atoms. The number of aryl methyl sites for hydroxylation is 2. The third-order valence-corrected chi connectivity index (χ3v) is 4.38. The van der Waals surface area contributed by atoms with Crippen molar-refractivity contribution in [2.45, 2.75) is 31.5 Å². The number of methoxy groups -OCH3 is 1. The summed E-state index contributed by atoms with van der Waals surface area (Å²) in [6.45, 7) is 3.81. The minimum atomic E-state index is -0.305. The maximum absolute atomic E-state index is 12.6. The molecule has 2 atom stereocenters. The summed E-state index contributed by atoms with van der Waals surface area (Å²) in [4.78, 5) is 14.5.